The van der Waals surface area contributed by atoms with E-state index in [4.69, 9.17) is 9.15 Å². The first-order valence-corrected chi connectivity index (χ1v) is 6.72. The zero-order valence-corrected chi connectivity index (χ0v) is 12.6. The van der Waals surface area contributed by atoms with E-state index in [2.05, 4.69) is 30.3 Å². The van der Waals surface area contributed by atoms with Gasteiger partial charge in [0.2, 0.25) is 0 Å². The van der Waals surface area contributed by atoms with Crippen molar-refractivity contribution in [3.8, 4) is 5.75 Å². The molecule has 0 atom stereocenters. The van der Waals surface area contributed by atoms with Crippen LogP contribution in [-0.4, -0.2) is 21.2 Å². The number of benzene rings is 1. The van der Waals surface area contributed by atoms with Crippen LogP contribution in [0.25, 0.3) is 0 Å². The molecule has 1 heterocycles. The van der Waals surface area contributed by atoms with Gasteiger partial charge < -0.3 is 19.4 Å². The predicted molar refractivity (Wildman–Crippen MR) is 81.3 cm³/mol. The van der Waals surface area contributed by atoms with E-state index in [1.165, 1.54) is 5.56 Å². The lowest BCUT2D eigenvalue weighted by Crippen LogP contribution is -2.15. The van der Waals surface area contributed by atoms with Crippen LogP contribution in [0.4, 0.5) is 5.69 Å². The lowest BCUT2D eigenvalue weighted by Gasteiger charge is -2.18. The van der Waals surface area contributed by atoms with Crippen molar-refractivity contribution < 1.29 is 9.15 Å². The minimum atomic E-state index is 0.747. The van der Waals surface area contributed by atoms with Crippen LogP contribution in [0, 0.1) is 6.92 Å². The second kappa shape index (κ2) is 6.48. The summed E-state index contributed by atoms with van der Waals surface area (Å²) < 4.78 is 11.0. The molecule has 20 heavy (non-hydrogen) atoms. The highest BCUT2D eigenvalue weighted by Crippen LogP contribution is 2.21. The summed E-state index contributed by atoms with van der Waals surface area (Å²) in [6, 6.07) is 10.1. The topological polar surface area (TPSA) is 37.6 Å². The molecule has 1 aromatic heterocycles. The molecule has 2 aromatic rings. The van der Waals surface area contributed by atoms with Crippen molar-refractivity contribution in [1.82, 2.24) is 5.32 Å². The molecule has 0 aliphatic carbocycles. The molecule has 0 saturated heterocycles. The number of furan rings is 1. The van der Waals surface area contributed by atoms with Gasteiger partial charge in [-0.15, -0.1) is 0 Å². The fourth-order valence-corrected chi connectivity index (χ4v) is 2.17. The second-order valence-corrected chi connectivity index (χ2v) is 4.90. The van der Waals surface area contributed by atoms with Gasteiger partial charge >= 0.3 is 0 Å². The van der Waals surface area contributed by atoms with Crippen molar-refractivity contribution in [2.24, 2.45) is 0 Å². The van der Waals surface area contributed by atoms with Crippen molar-refractivity contribution in [2.45, 2.75) is 20.0 Å². The molecule has 108 valence electrons. The van der Waals surface area contributed by atoms with Crippen molar-refractivity contribution in [3.05, 3.63) is 47.4 Å². The van der Waals surface area contributed by atoms with E-state index in [1.807, 2.05) is 31.3 Å². The Kier molecular flexibility index (Phi) is 4.69. The number of nitrogens with zero attached hydrogens (tertiary/aromatic N) is 1. The third kappa shape index (κ3) is 3.33. The summed E-state index contributed by atoms with van der Waals surface area (Å²) >= 11 is 0. The fourth-order valence-electron chi connectivity index (χ4n) is 2.17. The molecular weight excluding hydrogens is 252 g/mol. The van der Waals surface area contributed by atoms with E-state index in [0.29, 0.717) is 0 Å². The molecule has 1 N–H and O–H groups in total. The number of anilines is 1. The van der Waals surface area contributed by atoms with Crippen molar-refractivity contribution in [3.63, 3.8) is 0 Å². The molecule has 0 amide bonds. The molecule has 0 spiro atoms. The monoisotopic (exact) mass is 274 g/mol. The SMILES string of the molecule is CNCc1oc(CN(C)c2ccc(OC)cc2)cc1C. The Morgan fingerprint density at radius 3 is 2.55 bits per heavy atom. The molecule has 2 rings (SSSR count). The fraction of sp³-hybridized carbons (Fsp3) is 0.375. The Morgan fingerprint density at radius 1 is 1.25 bits per heavy atom. The van der Waals surface area contributed by atoms with Gasteiger partial charge in [-0.2, -0.15) is 0 Å². The first-order valence-electron chi connectivity index (χ1n) is 6.72. The summed E-state index contributed by atoms with van der Waals surface area (Å²) in [5.74, 6) is 2.85. The van der Waals surface area contributed by atoms with Gasteiger partial charge in [-0.1, -0.05) is 0 Å². The van der Waals surface area contributed by atoms with Gasteiger partial charge in [0.1, 0.15) is 17.3 Å². The van der Waals surface area contributed by atoms with E-state index < -0.39 is 0 Å². The summed E-state index contributed by atoms with van der Waals surface area (Å²) in [7, 11) is 5.65. The van der Waals surface area contributed by atoms with Crippen LogP contribution in [-0.2, 0) is 13.1 Å². The number of methoxy groups -OCH3 is 1. The maximum Gasteiger partial charge on any atom is 0.123 e. The van der Waals surface area contributed by atoms with E-state index >= 15 is 0 Å². The van der Waals surface area contributed by atoms with Crippen LogP contribution in [0.3, 0.4) is 0 Å². The maximum atomic E-state index is 5.86. The van der Waals surface area contributed by atoms with Crippen molar-refractivity contribution in [1.29, 1.82) is 0 Å². The molecular formula is C16H22N2O2. The number of ether oxygens (including phenoxy) is 1. The first-order chi connectivity index (χ1) is 9.63. The largest absolute Gasteiger partial charge is 0.497 e. The number of hydrogen-bond acceptors (Lipinski definition) is 4. The summed E-state index contributed by atoms with van der Waals surface area (Å²) in [6.45, 7) is 3.59. The summed E-state index contributed by atoms with van der Waals surface area (Å²) in [5, 5.41) is 3.11. The van der Waals surface area contributed by atoms with Gasteiger partial charge in [0.15, 0.2) is 0 Å². The molecule has 0 bridgehead atoms. The highest BCUT2D eigenvalue weighted by Gasteiger charge is 2.09. The van der Waals surface area contributed by atoms with E-state index in [0.717, 1.165) is 36.0 Å². The van der Waals surface area contributed by atoms with Crippen LogP contribution in [0.15, 0.2) is 34.7 Å². The van der Waals surface area contributed by atoms with Crippen LogP contribution in [0.5, 0.6) is 5.75 Å². The lowest BCUT2D eigenvalue weighted by atomic mass is 10.2. The molecule has 0 aliphatic rings. The molecule has 1 aromatic carbocycles. The van der Waals surface area contributed by atoms with E-state index in [-0.39, 0.29) is 0 Å². The summed E-state index contributed by atoms with van der Waals surface area (Å²) in [6.07, 6.45) is 0. The zero-order chi connectivity index (χ0) is 14.5. The Hall–Kier alpha value is -1.94. The number of hydrogen-bond donors (Lipinski definition) is 1. The molecule has 0 aliphatic heterocycles. The summed E-state index contributed by atoms with van der Waals surface area (Å²) in [4.78, 5) is 2.15. The molecule has 0 radical (unpaired) electrons. The van der Waals surface area contributed by atoms with Crippen LogP contribution in [0.1, 0.15) is 17.1 Å². The van der Waals surface area contributed by atoms with Gasteiger partial charge in [0.05, 0.1) is 20.2 Å². The van der Waals surface area contributed by atoms with E-state index in [1.54, 1.807) is 7.11 Å². The third-order valence-electron chi connectivity index (χ3n) is 3.32. The Labute approximate surface area is 120 Å². The van der Waals surface area contributed by atoms with Gasteiger partial charge in [-0.3, -0.25) is 0 Å². The number of nitrogens with one attached hydrogen (secondary N) is 1. The average Bonchev–Trinajstić information content (AvgIpc) is 2.79. The Bertz CT molecular complexity index is 546. The minimum Gasteiger partial charge on any atom is -0.497 e. The van der Waals surface area contributed by atoms with Gasteiger partial charge in [-0.05, 0) is 49.9 Å². The minimum absolute atomic E-state index is 0.747. The molecule has 4 nitrogen and oxygen atoms in total. The predicted octanol–water partition coefficient (Wildman–Crippen LogP) is 2.95. The lowest BCUT2D eigenvalue weighted by molar-refractivity contribution is 0.415. The standard InChI is InChI=1S/C16H22N2O2/c1-12-9-15(20-16(12)10-17-2)11-18(3)13-5-7-14(19-4)8-6-13/h5-9,17H,10-11H2,1-4H3. The normalized spacial score (nSPS) is 10.6. The molecule has 0 fully saturated rings. The third-order valence-corrected chi connectivity index (χ3v) is 3.32. The summed E-state index contributed by atoms with van der Waals surface area (Å²) in [5.41, 5.74) is 2.33. The molecule has 0 saturated carbocycles. The van der Waals surface area contributed by atoms with Crippen molar-refractivity contribution >= 4 is 5.69 Å². The maximum absolute atomic E-state index is 5.86. The zero-order valence-electron chi connectivity index (χ0n) is 12.6. The molecule has 4 heteroatoms. The van der Waals surface area contributed by atoms with Crippen LogP contribution < -0.4 is 15.0 Å². The Balaban J connectivity index is 2.06. The molecule has 0 unspecified atom stereocenters. The van der Waals surface area contributed by atoms with Gasteiger partial charge in [0.25, 0.3) is 0 Å². The number of rotatable bonds is 6. The highest BCUT2D eigenvalue weighted by molar-refractivity contribution is 5.48. The first kappa shape index (κ1) is 14.5. The van der Waals surface area contributed by atoms with Gasteiger partial charge in [0, 0.05) is 12.7 Å². The highest BCUT2D eigenvalue weighted by atomic mass is 16.5. The van der Waals surface area contributed by atoms with Crippen LogP contribution >= 0.6 is 0 Å². The van der Waals surface area contributed by atoms with Gasteiger partial charge in [-0.25, -0.2) is 0 Å². The number of aryl methyl sites for hydroxylation is 1. The van der Waals surface area contributed by atoms with Crippen molar-refractivity contribution in [2.75, 3.05) is 26.1 Å². The Morgan fingerprint density at radius 2 is 1.95 bits per heavy atom. The smallest absolute Gasteiger partial charge is 0.123 e. The van der Waals surface area contributed by atoms with Crippen LogP contribution in [0.2, 0.25) is 0 Å². The van der Waals surface area contributed by atoms with E-state index in [9.17, 15) is 0 Å². The quantitative estimate of drug-likeness (QED) is 0.879. The average molecular weight is 274 g/mol. The second-order valence-electron chi connectivity index (χ2n) is 4.90.